The predicted molar refractivity (Wildman–Crippen MR) is 90.0 cm³/mol. The minimum atomic E-state index is -0.580. The summed E-state index contributed by atoms with van der Waals surface area (Å²) >= 11 is 6.16. The van der Waals surface area contributed by atoms with Crippen molar-refractivity contribution >= 4 is 23.8 Å². The third-order valence-corrected chi connectivity index (χ3v) is 3.34. The number of hydrogen-bond acceptors (Lipinski definition) is 6. The third-order valence-electron chi connectivity index (χ3n) is 3.06. The molecule has 0 bridgehead atoms. The maximum Gasteiger partial charge on any atom is 0.343 e. The van der Waals surface area contributed by atoms with Crippen LogP contribution in [0.3, 0.4) is 0 Å². The molecule has 0 fully saturated rings. The molecular formula is C17H16ClNO5. The van der Waals surface area contributed by atoms with E-state index in [0.29, 0.717) is 23.5 Å². The van der Waals surface area contributed by atoms with Crippen LogP contribution in [-0.4, -0.2) is 31.1 Å². The van der Waals surface area contributed by atoms with Gasteiger partial charge < -0.3 is 19.4 Å². The number of halogens is 1. The van der Waals surface area contributed by atoms with Gasteiger partial charge in [0, 0.05) is 5.56 Å². The molecule has 0 saturated heterocycles. The number of oxime groups is 1. The Morgan fingerprint density at radius 1 is 1.29 bits per heavy atom. The summed E-state index contributed by atoms with van der Waals surface area (Å²) in [5.74, 6) is 0.437. The SMILES string of the molecule is CCOc1cc(/C=N\O)cc(Cl)c1OC(=O)c1ccc(OC)cc1. The number of hydrogen-bond donors (Lipinski definition) is 1. The molecule has 0 saturated carbocycles. The summed E-state index contributed by atoms with van der Waals surface area (Å²) in [6.07, 6.45) is 1.20. The highest BCUT2D eigenvalue weighted by Gasteiger charge is 2.17. The van der Waals surface area contributed by atoms with E-state index in [9.17, 15) is 4.79 Å². The van der Waals surface area contributed by atoms with Gasteiger partial charge in [0.05, 0.1) is 30.5 Å². The molecule has 0 aliphatic heterocycles. The number of carbonyl (C=O) groups is 1. The standard InChI is InChI=1S/C17H16ClNO5/c1-3-23-15-9-11(10-19-21)8-14(18)16(15)24-17(20)12-4-6-13(22-2)7-5-12/h4-10,21H,3H2,1-2H3/b19-10-. The predicted octanol–water partition coefficient (Wildman–Crippen LogP) is 3.77. The van der Waals surface area contributed by atoms with Gasteiger partial charge >= 0.3 is 5.97 Å². The van der Waals surface area contributed by atoms with Gasteiger partial charge in [-0.1, -0.05) is 16.8 Å². The summed E-state index contributed by atoms with van der Waals surface area (Å²) in [6.45, 7) is 2.14. The van der Waals surface area contributed by atoms with Crippen LogP contribution in [0.2, 0.25) is 5.02 Å². The Balaban J connectivity index is 2.31. The number of esters is 1. The zero-order chi connectivity index (χ0) is 17.5. The average Bonchev–Trinajstić information content (AvgIpc) is 2.58. The number of nitrogens with zero attached hydrogens (tertiary/aromatic N) is 1. The lowest BCUT2D eigenvalue weighted by atomic mass is 10.2. The zero-order valence-electron chi connectivity index (χ0n) is 13.2. The van der Waals surface area contributed by atoms with Gasteiger partial charge in [-0.25, -0.2) is 4.79 Å². The Kier molecular flexibility index (Phi) is 6.03. The Bertz CT molecular complexity index is 743. The first kappa shape index (κ1) is 17.6. The fourth-order valence-electron chi connectivity index (χ4n) is 1.97. The molecule has 2 aromatic rings. The van der Waals surface area contributed by atoms with E-state index in [1.165, 1.54) is 12.3 Å². The van der Waals surface area contributed by atoms with Crippen LogP contribution in [0.5, 0.6) is 17.2 Å². The minimum Gasteiger partial charge on any atom is -0.497 e. The van der Waals surface area contributed by atoms with E-state index in [-0.39, 0.29) is 16.5 Å². The second kappa shape index (κ2) is 8.21. The number of carbonyl (C=O) groups excluding carboxylic acids is 1. The van der Waals surface area contributed by atoms with Crippen LogP contribution in [0, 0.1) is 0 Å². The highest BCUT2D eigenvalue weighted by atomic mass is 35.5. The summed E-state index contributed by atoms with van der Waals surface area (Å²) in [5, 5.41) is 11.7. The van der Waals surface area contributed by atoms with Crippen molar-refractivity contribution in [1.29, 1.82) is 0 Å². The van der Waals surface area contributed by atoms with Crippen LogP contribution < -0.4 is 14.2 Å². The topological polar surface area (TPSA) is 77.4 Å². The Labute approximate surface area is 144 Å². The van der Waals surface area contributed by atoms with Crippen molar-refractivity contribution in [3.05, 3.63) is 52.5 Å². The monoisotopic (exact) mass is 349 g/mol. The highest BCUT2D eigenvalue weighted by Crippen LogP contribution is 2.37. The van der Waals surface area contributed by atoms with Gasteiger partial charge in [0.25, 0.3) is 0 Å². The van der Waals surface area contributed by atoms with E-state index in [2.05, 4.69) is 5.16 Å². The third kappa shape index (κ3) is 4.17. The molecule has 0 heterocycles. The van der Waals surface area contributed by atoms with E-state index in [0.717, 1.165) is 0 Å². The normalized spacial score (nSPS) is 10.6. The van der Waals surface area contributed by atoms with E-state index in [4.69, 9.17) is 31.0 Å². The fourth-order valence-corrected chi connectivity index (χ4v) is 2.23. The summed E-state index contributed by atoms with van der Waals surface area (Å²) in [7, 11) is 1.54. The zero-order valence-corrected chi connectivity index (χ0v) is 13.9. The first-order valence-electron chi connectivity index (χ1n) is 7.09. The molecule has 1 N–H and O–H groups in total. The van der Waals surface area contributed by atoms with Gasteiger partial charge in [0.1, 0.15) is 5.75 Å². The molecule has 0 atom stereocenters. The van der Waals surface area contributed by atoms with E-state index in [1.54, 1.807) is 44.4 Å². The van der Waals surface area contributed by atoms with Crippen molar-refractivity contribution in [2.24, 2.45) is 5.16 Å². The van der Waals surface area contributed by atoms with Crippen LogP contribution in [0.1, 0.15) is 22.8 Å². The van der Waals surface area contributed by atoms with Crippen molar-refractivity contribution < 1.29 is 24.2 Å². The Hall–Kier alpha value is -2.73. The second-order valence-corrected chi connectivity index (χ2v) is 5.03. The molecule has 0 spiro atoms. The fraction of sp³-hybridized carbons (Fsp3) is 0.176. The van der Waals surface area contributed by atoms with Gasteiger partial charge in [-0.15, -0.1) is 0 Å². The van der Waals surface area contributed by atoms with Crippen LogP contribution in [0.4, 0.5) is 0 Å². The molecule has 0 radical (unpaired) electrons. The van der Waals surface area contributed by atoms with Crippen LogP contribution >= 0.6 is 11.6 Å². The van der Waals surface area contributed by atoms with E-state index < -0.39 is 5.97 Å². The first-order chi connectivity index (χ1) is 11.6. The van der Waals surface area contributed by atoms with Gasteiger partial charge in [-0.05, 0) is 43.3 Å². The maximum atomic E-state index is 12.3. The minimum absolute atomic E-state index is 0.106. The summed E-state index contributed by atoms with van der Waals surface area (Å²) in [6, 6.07) is 9.54. The highest BCUT2D eigenvalue weighted by molar-refractivity contribution is 6.32. The van der Waals surface area contributed by atoms with Crippen molar-refractivity contribution in [2.75, 3.05) is 13.7 Å². The number of methoxy groups -OCH3 is 1. The van der Waals surface area contributed by atoms with Crippen molar-refractivity contribution in [1.82, 2.24) is 0 Å². The van der Waals surface area contributed by atoms with Gasteiger partial charge in [-0.3, -0.25) is 0 Å². The molecule has 0 aromatic heterocycles. The van der Waals surface area contributed by atoms with E-state index >= 15 is 0 Å². The molecule has 7 heteroatoms. The molecule has 0 aliphatic rings. The van der Waals surface area contributed by atoms with Gasteiger partial charge in [0.15, 0.2) is 11.5 Å². The van der Waals surface area contributed by atoms with Crippen molar-refractivity contribution in [2.45, 2.75) is 6.92 Å². The number of ether oxygens (including phenoxy) is 3. The van der Waals surface area contributed by atoms with Crippen LogP contribution in [-0.2, 0) is 0 Å². The molecule has 24 heavy (non-hydrogen) atoms. The lowest BCUT2D eigenvalue weighted by Gasteiger charge is -2.13. The molecular weight excluding hydrogens is 334 g/mol. The van der Waals surface area contributed by atoms with Crippen LogP contribution in [0.15, 0.2) is 41.6 Å². The largest absolute Gasteiger partial charge is 0.497 e. The molecule has 126 valence electrons. The Morgan fingerprint density at radius 2 is 2.00 bits per heavy atom. The molecule has 2 aromatic carbocycles. The van der Waals surface area contributed by atoms with E-state index in [1.807, 2.05) is 0 Å². The number of benzene rings is 2. The average molecular weight is 350 g/mol. The molecule has 0 amide bonds. The van der Waals surface area contributed by atoms with Crippen LogP contribution in [0.25, 0.3) is 0 Å². The smallest absolute Gasteiger partial charge is 0.343 e. The molecule has 2 rings (SSSR count). The Morgan fingerprint density at radius 3 is 2.58 bits per heavy atom. The lowest BCUT2D eigenvalue weighted by molar-refractivity contribution is 0.0728. The quantitative estimate of drug-likeness (QED) is 0.282. The number of rotatable bonds is 6. The molecule has 6 nitrogen and oxygen atoms in total. The van der Waals surface area contributed by atoms with Crippen molar-refractivity contribution in [3.63, 3.8) is 0 Å². The molecule has 0 unspecified atom stereocenters. The maximum absolute atomic E-state index is 12.3. The summed E-state index contributed by atoms with van der Waals surface area (Å²) in [4.78, 5) is 12.3. The van der Waals surface area contributed by atoms with Gasteiger partial charge in [0.2, 0.25) is 0 Å². The first-order valence-corrected chi connectivity index (χ1v) is 7.46. The lowest BCUT2D eigenvalue weighted by Crippen LogP contribution is -2.10. The van der Waals surface area contributed by atoms with Gasteiger partial charge in [-0.2, -0.15) is 0 Å². The molecule has 0 aliphatic carbocycles. The second-order valence-electron chi connectivity index (χ2n) is 4.63. The summed E-state index contributed by atoms with van der Waals surface area (Å²) in [5.41, 5.74) is 0.852. The summed E-state index contributed by atoms with van der Waals surface area (Å²) < 4.78 is 15.9. The van der Waals surface area contributed by atoms with Crippen molar-refractivity contribution in [3.8, 4) is 17.2 Å².